The van der Waals surface area contributed by atoms with Crippen molar-refractivity contribution >= 4 is 45.9 Å². The predicted molar refractivity (Wildman–Crippen MR) is 105 cm³/mol. The molecule has 172 valence electrons. The van der Waals surface area contributed by atoms with Gasteiger partial charge in [-0.2, -0.15) is 22.0 Å². The van der Waals surface area contributed by atoms with Gasteiger partial charge < -0.3 is 9.84 Å². The molecule has 0 unspecified atom stereocenters. The highest BCUT2D eigenvalue weighted by atomic mass is 32.2. The summed E-state index contributed by atoms with van der Waals surface area (Å²) in [5.41, 5.74) is 0.0973. The quantitative estimate of drug-likeness (QED) is 0.349. The molecule has 2 aromatic heterocycles. The number of alkyl halides is 5. The zero-order valence-electron chi connectivity index (χ0n) is 16.2. The van der Waals surface area contributed by atoms with Crippen molar-refractivity contribution < 1.29 is 45.8 Å². The van der Waals surface area contributed by atoms with E-state index >= 15 is 0 Å². The molecule has 0 atom stereocenters. The predicted octanol–water partition coefficient (Wildman–Crippen LogP) is 5.72. The van der Waals surface area contributed by atoms with E-state index in [9.17, 15) is 41.0 Å². The summed E-state index contributed by atoms with van der Waals surface area (Å²) in [6, 6.07) is 4.58. The van der Waals surface area contributed by atoms with Crippen molar-refractivity contribution in [3.8, 4) is 5.75 Å². The molecule has 1 aromatic carbocycles. The molecule has 0 amide bonds. The molecule has 0 radical (unpaired) electrons. The number of aliphatic carboxylic acids is 1. The van der Waals surface area contributed by atoms with Crippen LogP contribution in [0.25, 0.3) is 10.9 Å². The lowest BCUT2D eigenvalue weighted by molar-refractivity contribution is -0.237. The van der Waals surface area contributed by atoms with Gasteiger partial charge in [0.15, 0.2) is 11.6 Å². The van der Waals surface area contributed by atoms with Gasteiger partial charge in [-0.3, -0.25) is 14.2 Å². The van der Waals surface area contributed by atoms with Gasteiger partial charge in [-0.25, -0.2) is 4.39 Å². The fraction of sp³-hybridized carbons (Fsp3) is 0.263. The summed E-state index contributed by atoms with van der Waals surface area (Å²) in [6.45, 7) is 1.38. The van der Waals surface area contributed by atoms with Gasteiger partial charge in [0.25, 0.3) is 5.91 Å². The maximum Gasteiger partial charge on any atom is 0.464 e. The average molecular weight is 497 g/mol. The highest BCUT2D eigenvalue weighted by Gasteiger charge is 2.58. The van der Waals surface area contributed by atoms with Gasteiger partial charge in [-0.1, -0.05) is 0 Å². The van der Waals surface area contributed by atoms with Crippen LogP contribution in [0.2, 0.25) is 0 Å². The van der Waals surface area contributed by atoms with Crippen LogP contribution in [0.15, 0.2) is 28.5 Å². The number of thiophene rings is 1. The number of benzene rings is 1. The van der Waals surface area contributed by atoms with Crippen molar-refractivity contribution in [1.29, 1.82) is 0 Å². The number of methoxy groups -OCH3 is 1. The van der Waals surface area contributed by atoms with Crippen molar-refractivity contribution in [1.82, 2.24) is 4.57 Å². The Morgan fingerprint density at radius 2 is 1.81 bits per heavy atom. The van der Waals surface area contributed by atoms with E-state index in [1.165, 1.54) is 26.2 Å². The van der Waals surface area contributed by atoms with E-state index in [0.717, 1.165) is 16.7 Å². The molecule has 1 N–H and O–H groups in total. The highest BCUT2D eigenvalue weighted by molar-refractivity contribution is 8.02. The van der Waals surface area contributed by atoms with Crippen LogP contribution in [0.3, 0.4) is 0 Å². The third kappa shape index (κ3) is 4.18. The molecular formula is C19H13F6NO4S2. The zero-order valence-corrected chi connectivity index (χ0v) is 17.9. The Labute approximate surface area is 184 Å². The number of halogens is 6. The molecule has 0 saturated heterocycles. The third-order valence-corrected chi connectivity index (χ3v) is 6.69. The normalized spacial score (nSPS) is 12.4. The van der Waals surface area contributed by atoms with Gasteiger partial charge in [0.05, 0.1) is 28.1 Å². The molecule has 0 saturated carbocycles. The molecule has 13 heteroatoms. The van der Waals surface area contributed by atoms with Gasteiger partial charge in [0.1, 0.15) is 0 Å². The highest BCUT2D eigenvalue weighted by Crippen LogP contribution is 2.49. The summed E-state index contributed by atoms with van der Waals surface area (Å²) in [7, 11) is 1.21. The van der Waals surface area contributed by atoms with Gasteiger partial charge in [0.2, 0.25) is 0 Å². The van der Waals surface area contributed by atoms with Crippen LogP contribution in [0, 0.1) is 12.7 Å². The van der Waals surface area contributed by atoms with E-state index in [4.69, 9.17) is 4.74 Å². The largest absolute Gasteiger partial charge is 0.494 e. The lowest BCUT2D eigenvalue weighted by Crippen LogP contribution is -2.32. The standard InChI is InChI=1S/C19H13F6NO4S2/c1-8-9(7-13(27)28)15-10(3-4-11(30-2)16(15)20)26(8)17(29)12-5-6-14(31-12)32-19(24,25)18(21,22)23/h3-6H,7H2,1-2H3,(H,27,28). The minimum Gasteiger partial charge on any atom is -0.494 e. The van der Waals surface area contributed by atoms with Crippen LogP contribution in [0.4, 0.5) is 26.3 Å². The number of hydrogen-bond acceptors (Lipinski definition) is 5. The molecule has 5 nitrogen and oxygen atoms in total. The van der Waals surface area contributed by atoms with Crippen molar-refractivity contribution in [2.24, 2.45) is 0 Å². The second-order valence-corrected chi connectivity index (χ2v) is 8.99. The summed E-state index contributed by atoms with van der Waals surface area (Å²) in [5.74, 6) is -3.19. The minimum absolute atomic E-state index is 0.00488. The number of thioether (sulfide) groups is 1. The molecule has 0 bridgehead atoms. The van der Waals surface area contributed by atoms with E-state index < -0.39 is 51.5 Å². The molecule has 3 aromatic rings. The Balaban J connectivity index is 2.10. The van der Waals surface area contributed by atoms with Gasteiger partial charge in [-0.05, 0) is 48.5 Å². The number of carboxylic acids is 1. The maximum absolute atomic E-state index is 14.9. The molecule has 0 aliphatic heterocycles. The molecule has 3 rings (SSSR count). The Morgan fingerprint density at radius 3 is 2.38 bits per heavy atom. The summed E-state index contributed by atoms with van der Waals surface area (Å²) < 4.78 is 84.3. The van der Waals surface area contributed by atoms with E-state index in [-0.39, 0.29) is 32.8 Å². The molecule has 0 aliphatic rings. The molecule has 0 spiro atoms. The van der Waals surface area contributed by atoms with E-state index in [0.29, 0.717) is 11.3 Å². The monoisotopic (exact) mass is 497 g/mol. The second-order valence-electron chi connectivity index (χ2n) is 6.49. The smallest absolute Gasteiger partial charge is 0.464 e. The van der Waals surface area contributed by atoms with Crippen LogP contribution < -0.4 is 4.74 Å². The summed E-state index contributed by atoms with van der Waals surface area (Å²) in [4.78, 5) is 24.2. The molecule has 2 heterocycles. The number of nitrogens with zero attached hydrogens (tertiary/aromatic N) is 1. The van der Waals surface area contributed by atoms with Crippen LogP contribution in [-0.4, -0.2) is 40.1 Å². The number of carboxylic acid groups (broad SMARTS) is 1. The Morgan fingerprint density at radius 1 is 1.16 bits per heavy atom. The Bertz CT molecular complexity index is 1210. The molecular weight excluding hydrogens is 484 g/mol. The van der Waals surface area contributed by atoms with Gasteiger partial charge in [0, 0.05) is 11.1 Å². The number of rotatable bonds is 6. The van der Waals surface area contributed by atoms with E-state index in [1.807, 2.05) is 0 Å². The first-order valence-corrected chi connectivity index (χ1v) is 10.3. The molecule has 32 heavy (non-hydrogen) atoms. The van der Waals surface area contributed by atoms with Gasteiger partial charge in [-0.15, -0.1) is 11.3 Å². The average Bonchev–Trinajstić information content (AvgIpc) is 3.23. The number of carbonyl (C=O) groups excluding carboxylic acids is 1. The summed E-state index contributed by atoms with van der Waals surface area (Å²) >= 11 is -0.332. The molecule has 0 aliphatic carbocycles. The fourth-order valence-corrected chi connectivity index (χ4v) is 5.01. The molecule has 0 fully saturated rings. The summed E-state index contributed by atoms with van der Waals surface area (Å²) in [5, 5.41) is 3.99. The van der Waals surface area contributed by atoms with E-state index in [1.54, 1.807) is 0 Å². The summed E-state index contributed by atoms with van der Waals surface area (Å²) in [6.07, 6.45) is -6.39. The SMILES string of the molecule is COc1ccc2c(c1F)c(CC(=O)O)c(C)n2C(=O)c1ccc(SC(F)(F)C(F)(F)F)s1. The first-order valence-electron chi connectivity index (χ1n) is 8.64. The number of fused-ring (bicyclic) bond motifs is 1. The van der Waals surface area contributed by atoms with E-state index in [2.05, 4.69) is 0 Å². The lowest BCUT2D eigenvalue weighted by atomic mass is 10.1. The van der Waals surface area contributed by atoms with Crippen LogP contribution in [0.5, 0.6) is 5.75 Å². The van der Waals surface area contributed by atoms with Gasteiger partial charge >= 0.3 is 17.4 Å². The maximum atomic E-state index is 14.9. The van der Waals surface area contributed by atoms with Crippen molar-refractivity contribution in [2.45, 2.75) is 29.0 Å². The zero-order chi connectivity index (χ0) is 24.0. The second kappa shape index (κ2) is 8.35. The number of carbonyl (C=O) groups is 2. The Kier molecular flexibility index (Phi) is 6.26. The Hall–Kier alpha value is -2.67. The fourth-order valence-electron chi connectivity index (χ4n) is 3.09. The van der Waals surface area contributed by atoms with Crippen LogP contribution >= 0.6 is 23.1 Å². The minimum atomic E-state index is -5.78. The number of aromatic nitrogens is 1. The third-order valence-electron chi connectivity index (χ3n) is 4.50. The first-order chi connectivity index (χ1) is 14.8. The topological polar surface area (TPSA) is 68.5 Å². The number of hydrogen-bond donors (Lipinski definition) is 1. The van der Waals surface area contributed by atoms with Crippen LogP contribution in [0.1, 0.15) is 20.9 Å². The van der Waals surface area contributed by atoms with Crippen LogP contribution in [-0.2, 0) is 11.2 Å². The number of ether oxygens (including phenoxy) is 1. The lowest BCUT2D eigenvalue weighted by Gasteiger charge is -2.17. The van der Waals surface area contributed by atoms with Crippen molar-refractivity contribution in [2.75, 3.05) is 7.11 Å². The first kappa shape index (κ1) is 24.0. The van der Waals surface area contributed by atoms with Crippen molar-refractivity contribution in [3.63, 3.8) is 0 Å². The van der Waals surface area contributed by atoms with Crippen molar-refractivity contribution in [3.05, 3.63) is 46.2 Å².